The summed E-state index contributed by atoms with van der Waals surface area (Å²) in [6.45, 7) is 8.96. The molecule has 0 aromatic carbocycles. The van der Waals surface area contributed by atoms with Gasteiger partial charge in [-0.2, -0.15) is 5.10 Å². The number of aliphatic imine (C=N–C) groups is 1. The smallest absolute Gasteiger partial charge is 0.134 e. The molecule has 79 valence electrons. The van der Waals surface area contributed by atoms with Crippen molar-refractivity contribution in [1.29, 1.82) is 0 Å². The molecule has 14 heavy (non-hydrogen) atoms. The van der Waals surface area contributed by atoms with Gasteiger partial charge in [-0.05, 0) is 34.6 Å². The Kier molecular flexibility index (Phi) is 2.41. The third-order valence-corrected chi connectivity index (χ3v) is 2.51. The fraction of sp³-hybridized carbons (Fsp3) is 0.778. The van der Waals surface area contributed by atoms with Gasteiger partial charge in [0.1, 0.15) is 5.66 Å². The molecule has 0 aromatic rings. The highest BCUT2D eigenvalue weighted by Crippen LogP contribution is 2.33. The Hall–Kier alpha value is -0.940. The molecule has 0 unspecified atom stereocenters. The predicted octanol–water partition coefficient (Wildman–Crippen LogP) is 0.938. The van der Waals surface area contributed by atoms with E-state index in [1.807, 2.05) is 13.8 Å². The first-order chi connectivity index (χ1) is 6.23. The second-order valence-corrected chi connectivity index (χ2v) is 4.52. The normalized spacial score (nSPS) is 26.4. The number of nitrogens with zero attached hydrogens (tertiary/aromatic N) is 3. The second-order valence-electron chi connectivity index (χ2n) is 4.52. The number of hydrogen-bond donors (Lipinski definition) is 1. The van der Waals surface area contributed by atoms with Crippen molar-refractivity contribution in [2.75, 3.05) is 0 Å². The molecule has 0 aliphatic carbocycles. The number of hydrazone groups is 1. The highest BCUT2D eigenvalue weighted by atomic mass is 16.5. The molecule has 1 heterocycles. The lowest BCUT2D eigenvalue weighted by Crippen LogP contribution is -2.50. The van der Waals surface area contributed by atoms with Crippen molar-refractivity contribution in [2.45, 2.75) is 45.8 Å². The van der Waals surface area contributed by atoms with Crippen LogP contribution in [0.1, 0.15) is 34.6 Å². The van der Waals surface area contributed by atoms with E-state index in [0.717, 1.165) is 5.06 Å². The summed E-state index contributed by atoms with van der Waals surface area (Å²) in [5, 5.41) is 16.4. The summed E-state index contributed by atoms with van der Waals surface area (Å²) >= 11 is 0. The van der Waals surface area contributed by atoms with E-state index in [1.54, 1.807) is 20.8 Å². The van der Waals surface area contributed by atoms with E-state index in [-0.39, 0.29) is 0 Å². The van der Waals surface area contributed by atoms with Crippen molar-refractivity contribution >= 4 is 11.4 Å². The van der Waals surface area contributed by atoms with Gasteiger partial charge in [-0.15, -0.1) is 10.3 Å². The second kappa shape index (κ2) is 3.03. The number of rotatable bonds is 1. The van der Waals surface area contributed by atoms with E-state index < -0.39 is 11.2 Å². The zero-order valence-electron chi connectivity index (χ0n) is 9.33. The lowest BCUT2D eigenvalue weighted by Gasteiger charge is -2.31. The number of hydroxylamine groups is 2. The van der Waals surface area contributed by atoms with E-state index in [9.17, 15) is 5.21 Å². The minimum absolute atomic E-state index is 0.612. The van der Waals surface area contributed by atoms with Crippen LogP contribution in [0.4, 0.5) is 0 Å². The molecule has 5 heteroatoms. The van der Waals surface area contributed by atoms with Gasteiger partial charge in [0.15, 0.2) is 0 Å². The van der Waals surface area contributed by atoms with Crippen molar-refractivity contribution < 1.29 is 5.21 Å². The van der Waals surface area contributed by atoms with Crippen LogP contribution in [0.5, 0.6) is 0 Å². The fourth-order valence-corrected chi connectivity index (χ4v) is 1.82. The molecule has 0 saturated carbocycles. The first-order valence-corrected chi connectivity index (χ1v) is 4.56. The van der Waals surface area contributed by atoms with Gasteiger partial charge < -0.3 is 5.84 Å². The highest BCUT2D eigenvalue weighted by Gasteiger charge is 2.49. The lowest BCUT2D eigenvalue weighted by molar-refractivity contribution is -0.240. The molecule has 1 aliphatic rings. The maximum absolute atomic E-state index is 11.9. The molecular formula is C9H17N4O. The molecule has 1 radical (unpaired) electrons. The molecule has 5 nitrogen and oxygen atoms in total. The van der Waals surface area contributed by atoms with Gasteiger partial charge in [0.25, 0.3) is 0 Å². The van der Waals surface area contributed by atoms with Crippen molar-refractivity contribution in [2.24, 2.45) is 15.9 Å². The Morgan fingerprint density at radius 1 is 1.43 bits per heavy atom. The van der Waals surface area contributed by atoms with Crippen molar-refractivity contribution in [3.05, 3.63) is 0 Å². The summed E-state index contributed by atoms with van der Waals surface area (Å²) in [5.41, 5.74) is -0.109. The van der Waals surface area contributed by atoms with Gasteiger partial charge in [-0.3, -0.25) is 4.99 Å². The Morgan fingerprint density at radius 3 is 2.21 bits per heavy atom. The molecule has 0 bridgehead atoms. The third kappa shape index (κ3) is 1.42. The molecule has 2 N–H and O–H groups in total. The SMILES string of the molecule is C/C(=N\N)C1=NC(C)(C)N([O])C1(C)C. The quantitative estimate of drug-likeness (QED) is 0.386. The molecule has 1 aliphatic heterocycles. The molecule has 0 spiro atoms. The summed E-state index contributed by atoms with van der Waals surface area (Å²) in [6.07, 6.45) is 0. The predicted molar refractivity (Wildman–Crippen MR) is 55.4 cm³/mol. The van der Waals surface area contributed by atoms with Crippen LogP contribution in [0, 0.1) is 0 Å². The summed E-state index contributed by atoms with van der Waals surface area (Å²) < 4.78 is 0. The van der Waals surface area contributed by atoms with E-state index in [1.165, 1.54) is 0 Å². The summed E-state index contributed by atoms with van der Waals surface area (Å²) in [4.78, 5) is 4.34. The number of nitrogens with two attached hydrogens (primary N) is 1. The van der Waals surface area contributed by atoms with Crippen LogP contribution in [0.2, 0.25) is 0 Å². The molecule has 0 saturated heterocycles. The van der Waals surface area contributed by atoms with Gasteiger partial charge in [-0.25, -0.2) is 0 Å². The molecule has 0 aromatic heterocycles. The van der Waals surface area contributed by atoms with Crippen LogP contribution in [0.3, 0.4) is 0 Å². The van der Waals surface area contributed by atoms with Gasteiger partial charge >= 0.3 is 0 Å². The van der Waals surface area contributed by atoms with Crippen LogP contribution >= 0.6 is 0 Å². The lowest BCUT2D eigenvalue weighted by atomic mass is 9.95. The molecule has 0 amide bonds. The largest absolute Gasteiger partial charge is 0.323 e. The van der Waals surface area contributed by atoms with E-state index in [0.29, 0.717) is 11.4 Å². The van der Waals surface area contributed by atoms with Crippen LogP contribution in [0.15, 0.2) is 10.1 Å². The molecule has 0 atom stereocenters. The van der Waals surface area contributed by atoms with Gasteiger partial charge in [-0.1, -0.05) is 0 Å². The molecular weight excluding hydrogens is 180 g/mol. The molecule has 0 fully saturated rings. The maximum atomic E-state index is 11.9. The Labute approximate surface area is 84.3 Å². The van der Waals surface area contributed by atoms with E-state index in [2.05, 4.69) is 10.1 Å². The first kappa shape index (κ1) is 11.1. The van der Waals surface area contributed by atoms with Gasteiger partial charge in [0.05, 0.1) is 17.0 Å². The minimum atomic E-state index is -0.731. The van der Waals surface area contributed by atoms with Crippen LogP contribution in [0.25, 0.3) is 0 Å². The average molecular weight is 197 g/mol. The third-order valence-electron chi connectivity index (χ3n) is 2.51. The fourth-order valence-electron chi connectivity index (χ4n) is 1.82. The summed E-state index contributed by atoms with van der Waals surface area (Å²) in [7, 11) is 0. The van der Waals surface area contributed by atoms with Crippen LogP contribution in [-0.2, 0) is 5.21 Å². The van der Waals surface area contributed by atoms with Crippen LogP contribution in [-0.4, -0.2) is 27.7 Å². The van der Waals surface area contributed by atoms with E-state index >= 15 is 0 Å². The van der Waals surface area contributed by atoms with Crippen molar-refractivity contribution in [3.8, 4) is 0 Å². The summed E-state index contributed by atoms with van der Waals surface area (Å²) in [6, 6.07) is 0. The monoisotopic (exact) mass is 197 g/mol. The first-order valence-electron chi connectivity index (χ1n) is 4.56. The van der Waals surface area contributed by atoms with E-state index in [4.69, 9.17) is 5.84 Å². The zero-order chi connectivity index (χ0) is 11.1. The minimum Gasteiger partial charge on any atom is -0.323 e. The van der Waals surface area contributed by atoms with Crippen molar-refractivity contribution in [1.82, 2.24) is 5.06 Å². The van der Waals surface area contributed by atoms with Gasteiger partial charge in [0, 0.05) is 0 Å². The van der Waals surface area contributed by atoms with Gasteiger partial charge in [0.2, 0.25) is 0 Å². The van der Waals surface area contributed by atoms with Crippen LogP contribution < -0.4 is 5.84 Å². The average Bonchev–Trinajstić information content (AvgIpc) is 2.25. The highest BCUT2D eigenvalue weighted by molar-refractivity contribution is 6.45. The zero-order valence-corrected chi connectivity index (χ0v) is 9.33. The number of hydrogen-bond acceptors (Lipinski definition) is 4. The Morgan fingerprint density at radius 2 is 1.93 bits per heavy atom. The van der Waals surface area contributed by atoms with Crippen molar-refractivity contribution in [3.63, 3.8) is 0 Å². The molecule has 1 rings (SSSR count). The Bertz CT molecular complexity index is 304. The topological polar surface area (TPSA) is 73.9 Å². The Balaban J connectivity index is 3.20. The maximum Gasteiger partial charge on any atom is 0.134 e. The summed E-state index contributed by atoms with van der Waals surface area (Å²) in [5.74, 6) is 5.19. The standard InChI is InChI=1S/C9H17N4O/c1-6(12-10)7-8(2,3)13(14)9(4,5)11-7/h10H2,1-5H3/b12-6+.